The largest absolute Gasteiger partial charge is 0.292 e. The highest BCUT2D eigenvalue weighted by atomic mass is 35.5. The summed E-state index contributed by atoms with van der Waals surface area (Å²) >= 11 is 6.11. The van der Waals surface area contributed by atoms with E-state index in [-0.39, 0.29) is 7.43 Å². The molecule has 78 valence electrons. The van der Waals surface area contributed by atoms with Crippen LogP contribution in [0.25, 0.3) is 0 Å². The van der Waals surface area contributed by atoms with E-state index in [1.807, 2.05) is 12.1 Å². The van der Waals surface area contributed by atoms with E-state index in [1.54, 1.807) is 0 Å². The predicted octanol–water partition coefficient (Wildman–Crippen LogP) is 3.70. The lowest BCUT2D eigenvalue weighted by atomic mass is 10.1. The second-order valence-corrected chi connectivity index (χ2v) is 4.28. The fourth-order valence-corrected chi connectivity index (χ4v) is 2.03. The summed E-state index contributed by atoms with van der Waals surface area (Å²) in [7, 11) is 0. The van der Waals surface area contributed by atoms with Crippen molar-refractivity contribution in [1.82, 2.24) is 4.90 Å². The van der Waals surface area contributed by atoms with E-state index in [1.165, 1.54) is 11.1 Å². The van der Waals surface area contributed by atoms with Crippen LogP contribution >= 0.6 is 11.6 Å². The summed E-state index contributed by atoms with van der Waals surface area (Å²) in [5.74, 6) is 0. The maximum atomic E-state index is 6.11. The van der Waals surface area contributed by atoms with Gasteiger partial charge in [-0.05, 0) is 31.0 Å². The smallest absolute Gasteiger partial charge is 0.0454 e. The van der Waals surface area contributed by atoms with Crippen molar-refractivity contribution >= 4 is 11.6 Å². The standard InChI is InChI=1S/C11H14ClN.CH4/c1-8(2)13-6-9-4-3-5-11(12)10(9)7-13;/h3-5,8H,6-7H2,1-2H3;1H4. The summed E-state index contributed by atoms with van der Waals surface area (Å²) in [6, 6.07) is 6.78. The number of fused-ring (bicyclic) bond motifs is 1. The maximum Gasteiger partial charge on any atom is 0.0454 e. The van der Waals surface area contributed by atoms with Crippen LogP contribution in [0, 0.1) is 0 Å². The van der Waals surface area contributed by atoms with Crippen LogP contribution in [0.5, 0.6) is 0 Å². The second-order valence-electron chi connectivity index (χ2n) is 3.88. The Morgan fingerprint density at radius 2 is 2.00 bits per heavy atom. The molecule has 0 N–H and O–H groups in total. The molecule has 0 atom stereocenters. The number of nitrogens with zero attached hydrogens (tertiary/aromatic N) is 1. The number of benzene rings is 1. The number of hydrogen-bond donors (Lipinski definition) is 0. The van der Waals surface area contributed by atoms with Gasteiger partial charge in [0, 0.05) is 24.2 Å². The Bertz CT molecular complexity index is 320. The van der Waals surface area contributed by atoms with Crippen LogP contribution in [0.2, 0.25) is 5.02 Å². The zero-order valence-electron chi connectivity index (χ0n) is 8.05. The molecular formula is C12H18ClN. The van der Waals surface area contributed by atoms with Crippen molar-refractivity contribution in [2.75, 3.05) is 0 Å². The van der Waals surface area contributed by atoms with E-state index in [0.29, 0.717) is 6.04 Å². The van der Waals surface area contributed by atoms with Crippen molar-refractivity contribution in [2.24, 2.45) is 0 Å². The molecule has 1 aliphatic heterocycles. The van der Waals surface area contributed by atoms with Crippen LogP contribution in [0.1, 0.15) is 32.4 Å². The number of rotatable bonds is 1. The van der Waals surface area contributed by atoms with Crippen LogP contribution in [0.3, 0.4) is 0 Å². The third kappa shape index (κ3) is 1.94. The molecule has 2 heteroatoms. The summed E-state index contributed by atoms with van der Waals surface area (Å²) in [6.07, 6.45) is 0. The lowest BCUT2D eigenvalue weighted by Gasteiger charge is -2.18. The minimum absolute atomic E-state index is 0. The SMILES string of the molecule is C.CC(C)N1Cc2cccc(Cl)c2C1. The van der Waals surface area contributed by atoms with Gasteiger partial charge in [0.1, 0.15) is 0 Å². The van der Waals surface area contributed by atoms with Gasteiger partial charge in [0.2, 0.25) is 0 Å². The molecule has 1 aromatic carbocycles. The zero-order chi connectivity index (χ0) is 9.42. The van der Waals surface area contributed by atoms with Crippen molar-refractivity contribution < 1.29 is 0 Å². The highest BCUT2D eigenvalue weighted by molar-refractivity contribution is 6.31. The topological polar surface area (TPSA) is 3.24 Å². The molecular weight excluding hydrogens is 194 g/mol. The van der Waals surface area contributed by atoms with Gasteiger partial charge in [-0.25, -0.2) is 0 Å². The molecule has 2 rings (SSSR count). The van der Waals surface area contributed by atoms with Crippen LogP contribution in [0.4, 0.5) is 0 Å². The van der Waals surface area contributed by atoms with Crippen LogP contribution in [0.15, 0.2) is 18.2 Å². The van der Waals surface area contributed by atoms with Gasteiger partial charge in [-0.1, -0.05) is 31.2 Å². The summed E-state index contributed by atoms with van der Waals surface area (Å²) in [6.45, 7) is 6.50. The summed E-state index contributed by atoms with van der Waals surface area (Å²) < 4.78 is 0. The average Bonchev–Trinajstić information content (AvgIpc) is 2.49. The van der Waals surface area contributed by atoms with E-state index in [9.17, 15) is 0 Å². The quantitative estimate of drug-likeness (QED) is 0.685. The van der Waals surface area contributed by atoms with Gasteiger partial charge in [0.05, 0.1) is 0 Å². The summed E-state index contributed by atoms with van der Waals surface area (Å²) in [5, 5.41) is 0.917. The van der Waals surface area contributed by atoms with Crippen molar-refractivity contribution in [3.8, 4) is 0 Å². The normalized spacial score (nSPS) is 15.4. The Labute approximate surface area is 91.7 Å². The van der Waals surface area contributed by atoms with Gasteiger partial charge in [-0.2, -0.15) is 0 Å². The minimum atomic E-state index is 0. The zero-order valence-corrected chi connectivity index (χ0v) is 8.80. The fourth-order valence-electron chi connectivity index (χ4n) is 1.77. The lowest BCUT2D eigenvalue weighted by Crippen LogP contribution is -2.24. The monoisotopic (exact) mass is 211 g/mol. The van der Waals surface area contributed by atoms with Gasteiger partial charge in [-0.15, -0.1) is 0 Å². The fraction of sp³-hybridized carbons (Fsp3) is 0.500. The first-order chi connectivity index (χ1) is 6.18. The summed E-state index contributed by atoms with van der Waals surface area (Å²) in [5.41, 5.74) is 2.71. The molecule has 14 heavy (non-hydrogen) atoms. The van der Waals surface area contributed by atoms with Crippen LogP contribution in [-0.4, -0.2) is 10.9 Å². The van der Waals surface area contributed by atoms with Crippen LogP contribution < -0.4 is 0 Å². The highest BCUT2D eigenvalue weighted by Gasteiger charge is 2.22. The number of halogens is 1. The molecule has 0 spiro atoms. The average molecular weight is 212 g/mol. The molecule has 0 fully saturated rings. The van der Waals surface area contributed by atoms with Gasteiger partial charge < -0.3 is 0 Å². The molecule has 0 saturated carbocycles. The maximum absolute atomic E-state index is 6.11. The molecule has 0 bridgehead atoms. The summed E-state index contributed by atoms with van der Waals surface area (Å²) in [4.78, 5) is 2.43. The Morgan fingerprint density at radius 3 is 2.57 bits per heavy atom. The molecule has 0 aromatic heterocycles. The third-order valence-corrected chi connectivity index (χ3v) is 3.03. The molecule has 1 aromatic rings. The Morgan fingerprint density at radius 1 is 1.29 bits per heavy atom. The molecule has 1 nitrogen and oxygen atoms in total. The Hall–Kier alpha value is -0.530. The Kier molecular flexibility index (Phi) is 3.57. The van der Waals surface area contributed by atoms with E-state index in [0.717, 1.165) is 18.1 Å². The molecule has 0 unspecified atom stereocenters. The van der Waals surface area contributed by atoms with Gasteiger partial charge in [-0.3, -0.25) is 4.90 Å². The van der Waals surface area contributed by atoms with Gasteiger partial charge in [0.25, 0.3) is 0 Å². The van der Waals surface area contributed by atoms with Crippen LogP contribution in [-0.2, 0) is 13.1 Å². The van der Waals surface area contributed by atoms with Crippen molar-refractivity contribution in [1.29, 1.82) is 0 Å². The van der Waals surface area contributed by atoms with E-state index >= 15 is 0 Å². The van der Waals surface area contributed by atoms with Crippen molar-refractivity contribution in [3.05, 3.63) is 34.3 Å². The molecule has 0 aliphatic carbocycles. The minimum Gasteiger partial charge on any atom is -0.292 e. The first-order valence-electron chi connectivity index (χ1n) is 4.69. The number of hydrogen-bond acceptors (Lipinski definition) is 1. The first-order valence-corrected chi connectivity index (χ1v) is 5.06. The van der Waals surface area contributed by atoms with Crippen molar-refractivity contribution in [2.45, 2.75) is 40.4 Å². The van der Waals surface area contributed by atoms with E-state index in [4.69, 9.17) is 11.6 Å². The van der Waals surface area contributed by atoms with Gasteiger partial charge in [0.15, 0.2) is 0 Å². The van der Waals surface area contributed by atoms with E-state index in [2.05, 4.69) is 24.8 Å². The van der Waals surface area contributed by atoms with E-state index < -0.39 is 0 Å². The Balaban J connectivity index is 0.000000980. The highest BCUT2D eigenvalue weighted by Crippen LogP contribution is 2.29. The third-order valence-electron chi connectivity index (χ3n) is 2.68. The lowest BCUT2D eigenvalue weighted by molar-refractivity contribution is 0.227. The molecule has 1 heterocycles. The van der Waals surface area contributed by atoms with Gasteiger partial charge >= 0.3 is 0 Å². The molecule has 0 saturated heterocycles. The predicted molar refractivity (Wildman–Crippen MR) is 62.6 cm³/mol. The van der Waals surface area contributed by atoms with Crippen molar-refractivity contribution in [3.63, 3.8) is 0 Å². The second kappa shape index (κ2) is 4.33. The molecule has 0 amide bonds. The first kappa shape index (κ1) is 11.5. The molecule has 1 aliphatic rings. The molecule has 0 radical (unpaired) electrons.